The molecule has 5 heteroatoms. The third kappa shape index (κ3) is 4.16. The van der Waals surface area contributed by atoms with Gasteiger partial charge in [-0.25, -0.2) is 4.79 Å². The van der Waals surface area contributed by atoms with Gasteiger partial charge in [0.15, 0.2) is 0 Å². The van der Waals surface area contributed by atoms with Crippen molar-refractivity contribution in [1.82, 2.24) is 5.32 Å². The number of carbonyl (C=O) groups is 1. The van der Waals surface area contributed by atoms with Crippen LogP contribution in [-0.4, -0.2) is 41.2 Å². The zero-order chi connectivity index (χ0) is 13.1. The summed E-state index contributed by atoms with van der Waals surface area (Å²) in [6.45, 7) is 5.45. The summed E-state index contributed by atoms with van der Waals surface area (Å²) < 4.78 is 5.17. The van der Waals surface area contributed by atoms with Gasteiger partial charge in [0.05, 0.1) is 0 Å². The monoisotopic (exact) mass is 245 g/mol. The first-order chi connectivity index (χ1) is 7.87. The molecule has 0 aliphatic heterocycles. The average Bonchev–Trinajstić information content (AvgIpc) is 2.56. The summed E-state index contributed by atoms with van der Waals surface area (Å²) in [5.41, 5.74) is -0.520. The molecule has 0 spiro atoms. The van der Waals surface area contributed by atoms with Gasteiger partial charge in [0, 0.05) is 25.2 Å². The van der Waals surface area contributed by atoms with Crippen LogP contribution in [0.15, 0.2) is 0 Å². The summed E-state index contributed by atoms with van der Waals surface area (Å²) in [5.74, 6) is -0.00699. The van der Waals surface area contributed by atoms with Crippen molar-refractivity contribution in [2.24, 2.45) is 11.8 Å². The number of alkyl carbamates (subject to hydrolysis) is 1. The molecule has 1 rings (SSSR count). The largest absolute Gasteiger partial charge is 0.444 e. The topological polar surface area (TPSA) is 78.8 Å². The summed E-state index contributed by atoms with van der Waals surface area (Å²) in [7, 11) is 0. The Morgan fingerprint density at radius 2 is 1.94 bits per heavy atom. The first kappa shape index (κ1) is 14.3. The van der Waals surface area contributed by atoms with Crippen molar-refractivity contribution >= 4 is 6.09 Å². The van der Waals surface area contributed by atoms with Crippen LogP contribution in [0.2, 0.25) is 0 Å². The molecule has 100 valence electrons. The van der Waals surface area contributed by atoms with Crippen LogP contribution in [0.5, 0.6) is 0 Å². The fraction of sp³-hybridized carbons (Fsp3) is 0.917. The number of amides is 1. The van der Waals surface area contributed by atoms with Crippen molar-refractivity contribution in [2.45, 2.75) is 45.3 Å². The van der Waals surface area contributed by atoms with E-state index in [1.807, 2.05) is 0 Å². The summed E-state index contributed by atoms with van der Waals surface area (Å²) in [4.78, 5) is 11.6. The van der Waals surface area contributed by atoms with Gasteiger partial charge in [0.1, 0.15) is 5.60 Å². The fourth-order valence-corrected chi connectivity index (χ4v) is 2.29. The molecule has 17 heavy (non-hydrogen) atoms. The zero-order valence-corrected chi connectivity index (χ0v) is 10.8. The number of hydrogen-bond acceptors (Lipinski definition) is 4. The van der Waals surface area contributed by atoms with E-state index in [1.54, 1.807) is 20.8 Å². The highest BCUT2D eigenvalue weighted by Crippen LogP contribution is 2.31. The number of nitrogens with one attached hydrogen (secondary N) is 1. The lowest BCUT2D eigenvalue weighted by molar-refractivity contribution is 0.0464. The van der Waals surface area contributed by atoms with E-state index >= 15 is 0 Å². The molecule has 0 aromatic rings. The molecular weight excluding hydrogens is 222 g/mol. The maximum Gasteiger partial charge on any atom is 0.407 e. The van der Waals surface area contributed by atoms with Crippen LogP contribution in [0.25, 0.3) is 0 Å². The molecule has 1 fully saturated rings. The van der Waals surface area contributed by atoms with E-state index in [2.05, 4.69) is 5.32 Å². The lowest BCUT2D eigenvalue weighted by atomic mass is 9.95. The normalized spacial score (nSPS) is 29.1. The molecule has 0 bridgehead atoms. The Morgan fingerprint density at radius 1 is 1.29 bits per heavy atom. The molecule has 1 aliphatic rings. The Morgan fingerprint density at radius 3 is 2.41 bits per heavy atom. The first-order valence-corrected chi connectivity index (χ1v) is 6.08. The van der Waals surface area contributed by atoms with E-state index in [-0.39, 0.29) is 31.1 Å². The average molecular weight is 245 g/mol. The first-order valence-electron chi connectivity index (χ1n) is 6.08. The second-order valence-corrected chi connectivity index (χ2v) is 5.62. The number of hydrogen-bond donors (Lipinski definition) is 3. The Labute approximate surface area is 102 Å². The Hall–Kier alpha value is -0.810. The predicted molar refractivity (Wildman–Crippen MR) is 63.5 cm³/mol. The summed E-state index contributed by atoms with van der Waals surface area (Å²) in [6, 6.07) is -0.105. The van der Waals surface area contributed by atoms with Gasteiger partial charge >= 0.3 is 6.09 Å². The fourth-order valence-electron chi connectivity index (χ4n) is 2.29. The molecule has 1 saturated carbocycles. The molecule has 0 aromatic heterocycles. The van der Waals surface area contributed by atoms with E-state index in [1.165, 1.54) is 0 Å². The highest BCUT2D eigenvalue weighted by Gasteiger charge is 2.36. The number of carbonyl (C=O) groups excluding carboxylic acids is 1. The van der Waals surface area contributed by atoms with Crippen LogP contribution in [0.4, 0.5) is 4.79 Å². The standard InChI is InChI=1S/C12H23NO4/c1-12(2,3)17-11(16)13-10-5-4-8(6-14)9(10)7-15/h8-10,14-15H,4-7H2,1-3H3,(H,13,16)/t8-,9-,10-/m1/s1. The highest BCUT2D eigenvalue weighted by atomic mass is 16.6. The van der Waals surface area contributed by atoms with Crippen molar-refractivity contribution in [2.75, 3.05) is 13.2 Å². The van der Waals surface area contributed by atoms with Crippen molar-refractivity contribution < 1.29 is 19.7 Å². The molecule has 3 atom stereocenters. The predicted octanol–water partition coefficient (Wildman–Crippen LogP) is 0.890. The second-order valence-electron chi connectivity index (χ2n) is 5.62. The van der Waals surface area contributed by atoms with Crippen molar-refractivity contribution in [3.63, 3.8) is 0 Å². The quantitative estimate of drug-likeness (QED) is 0.690. The number of rotatable bonds is 3. The lowest BCUT2D eigenvalue weighted by Crippen LogP contribution is -2.43. The minimum absolute atomic E-state index is 0.0221. The highest BCUT2D eigenvalue weighted by molar-refractivity contribution is 5.68. The van der Waals surface area contributed by atoms with Crippen molar-refractivity contribution in [1.29, 1.82) is 0 Å². The van der Waals surface area contributed by atoms with Crippen LogP contribution >= 0.6 is 0 Å². The molecule has 0 saturated heterocycles. The van der Waals surface area contributed by atoms with E-state index in [9.17, 15) is 9.90 Å². The Kier molecular flexibility index (Phi) is 4.77. The molecule has 1 amide bonds. The van der Waals surface area contributed by atoms with Gasteiger partial charge in [-0.1, -0.05) is 0 Å². The van der Waals surface area contributed by atoms with E-state index in [4.69, 9.17) is 9.84 Å². The summed E-state index contributed by atoms with van der Waals surface area (Å²) in [6.07, 6.45) is 1.14. The molecule has 5 nitrogen and oxygen atoms in total. The van der Waals surface area contributed by atoms with E-state index < -0.39 is 11.7 Å². The van der Waals surface area contributed by atoms with Gasteiger partial charge in [-0.2, -0.15) is 0 Å². The van der Waals surface area contributed by atoms with Crippen LogP contribution in [0.3, 0.4) is 0 Å². The van der Waals surface area contributed by atoms with Gasteiger partial charge in [0.25, 0.3) is 0 Å². The minimum atomic E-state index is -0.520. The van der Waals surface area contributed by atoms with Crippen LogP contribution in [0, 0.1) is 11.8 Å². The smallest absolute Gasteiger partial charge is 0.407 e. The minimum Gasteiger partial charge on any atom is -0.444 e. The van der Waals surface area contributed by atoms with Crippen LogP contribution in [0.1, 0.15) is 33.6 Å². The molecule has 0 aromatic carbocycles. The maximum atomic E-state index is 11.6. The molecule has 0 unspecified atom stereocenters. The Bertz CT molecular complexity index is 262. The zero-order valence-electron chi connectivity index (χ0n) is 10.8. The van der Waals surface area contributed by atoms with Crippen molar-refractivity contribution in [3.8, 4) is 0 Å². The third-order valence-corrected chi connectivity index (χ3v) is 3.12. The third-order valence-electron chi connectivity index (χ3n) is 3.12. The van der Waals surface area contributed by atoms with Gasteiger partial charge < -0.3 is 20.3 Å². The number of ether oxygens (including phenoxy) is 1. The molecule has 0 radical (unpaired) electrons. The molecule has 3 N–H and O–H groups in total. The SMILES string of the molecule is CC(C)(C)OC(=O)N[C@@H]1CC[C@H](CO)[C@H]1CO. The van der Waals surface area contributed by atoms with Crippen LogP contribution < -0.4 is 5.32 Å². The summed E-state index contributed by atoms with van der Waals surface area (Å²) in [5, 5.41) is 21.2. The van der Waals surface area contributed by atoms with Gasteiger partial charge in [-0.3, -0.25) is 0 Å². The molecule has 1 aliphatic carbocycles. The molecule has 0 heterocycles. The lowest BCUT2D eigenvalue weighted by Gasteiger charge is -2.25. The number of aliphatic hydroxyl groups excluding tert-OH is 2. The second kappa shape index (κ2) is 5.69. The van der Waals surface area contributed by atoms with E-state index in [0.717, 1.165) is 12.8 Å². The Balaban J connectivity index is 2.49. The van der Waals surface area contributed by atoms with Gasteiger partial charge in [-0.15, -0.1) is 0 Å². The van der Waals surface area contributed by atoms with Gasteiger partial charge in [-0.05, 0) is 39.5 Å². The van der Waals surface area contributed by atoms with Gasteiger partial charge in [0.2, 0.25) is 0 Å². The van der Waals surface area contributed by atoms with Crippen molar-refractivity contribution in [3.05, 3.63) is 0 Å². The molecular formula is C12H23NO4. The van der Waals surface area contributed by atoms with Crippen LogP contribution in [-0.2, 0) is 4.74 Å². The summed E-state index contributed by atoms with van der Waals surface area (Å²) >= 11 is 0. The maximum absolute atomic E-state index is 11.6. The number of aliphatic hydroxyl groups is 2. The van der Waals surface area contributed by atoms with E-state index in [0.29, 0.717) is 0 Å².